The van der Waals surface area contributed by atoms with Gasteiger partial charge in [0.15, 0.2) is 0 Å². The summed E-state index contributed by atoms with van der Waals surface area (Å²) >= 11 is 0. The molecule has 2 heteroatoms. The summed E-state index contributed by atoms with van der Waals surface area (Å²) < 4.78 is 4.54. The van der Waals surface area contributed by atoms with E-state index in [-0.39, 0.29) is 5.95 Å². The molecule has 0 spiro atoms. The molecule has 0 fully saturated rings. The molecule has 1 rings (SSSR count). The Morgan fingerprint density at radius 3 is 2.75 bits per heavy atom. The number of hydrogen-bond donors (Lipinski definition) is 1. The van der Waals surface area contributed by atoms with Crippen LogP contribution in [0.25, 0.3) is 6.08 Å². The first-order valence-corrected chi connectivity index (χ1v) is 2.23. The van der Waals surface area contributed by atoms with Crippen molar-refractivity contribution in [2.24, 2.45) is 0 Å². The van der Waals surface area contributed by atoms with Gasteiger partial charge in [-0.1, -0.05) is 12.7 Å². The van der Waals surface area contributed by atoms with Crippen LogP contribution in [-0.2, 0) is 0 Å². The van der Waals surface area contributed by atoms with E-state index < -0.39 is 0 Å². The first kappa shape index (κ1) is 4.97. The van der Waals surface area contributed by atoms with Gasteiger partial charge in [-0.25, -0.2) is 0 Å². The second kappa shape index (κ2) is 1.74. The van der Waals surface area contributed by atoms with E-state index in [2.05, 4.69) is 11.0 Å². The van der Waals surface area contributed by atoms with Gasteiger partial charge in [0.25, 0.3) is 5.95 Å². The summed E-state index contributed by atoms with van der Waals surface area (Å²) in [7, 11) is 0. The lowest BCUT2D eigenvalue weighted by Gasteiger charge is -1.80. The predicted octanol–water partition coefficient (Wildman–Crippen LogP) is 1.63. The molecular weight excluding hydrogens is 104 g/mol. The SMILES string of the molecule is C=Cc1ccoc1O. The minimum atomic E-state index is -0.0694. The second-order valence-corrected chi connectivity index (χ2v) is 1.39. The van der Waals surface area contributed by atoms with Crippen LogP contribution in [0.4, 0.5) is 0 Å². The quantitative estimate of drug-likeness (QED) is 0.596. The van der Waals surface area contributed by atoms with E-state index in [4.69, 9.17) is 5.11 Å². The molecule has 0 aromatic carbocycles. The Balaban J connectivity index is 3.09. The minimum absolute atomic E-state index is 0.0694. The molecular formula is C6H6O2. The molecule has 0 aliphatic heterocycles. The molecule has 0 amide bonds. The number of furan rings is 1. The van der Waals surface area contributed by atoms with Crippen molar-refractivity contribution in [1.82, 2.24) is 0 Å². The first-order valence-electron chi connectivity index (χ1n) is 2.23. The summed E-state index contributed by atoms with van der Waals surface area (Å²) in [6.07, 6.45) is 2.94. The Morgan fingerprint density at radius 1 is 1.75 bits per heavy atom. The fourth-order valence-corrected chi connectivity index (χ4v) is 0.466. The van der Waals surface area contributed by atoms with Crippen LogP contribution >= 0.6 is 0 Å². The van der Waals surface area contributed by atoms with E-state index in [9.17, 15) is 0 Å². The molecule has 0 saturated carbocycles. The average molecular weight is 110 g/mol. The van der Waals surface area contributed by atoms with Gasteiger partial charge in [0.2, 0.25) is 0 Å². The maximum absolute atomic E-state index is 8.71. The van der Waals surface area contributed by atoms with Crippen LogP contribution in [0.5, 0.6) is 5.95 Å². The van der Waals surface area contributed by atoms with Gasteiger partial charge in [-0.2, -0.15) is 0 Å². The normalized spacial score (nSPS) is 9.00. The van der Waals surface area contributed by atoms with Crippen LogP contribution in [0.15, 0.2) is 23.3 Å². The second-order valence-electron chi connectivity index (χ2n) is 1.39. The molecule has 0 saturated heterocycles. The third kappa shape index (κ3) is 0.601. The molecule has 1 aromatic rings. The highest BCUT2D eigenvalue weighted by molar-refractivity contribution is 5.50. The summed E-state index contributed by atoms with van der Waals surface area (Å²) in [5.74, 6) is -0.0694. The number of hydrogen-bond acceptors (Lipinski definition) is 2. The summed E-state index contributed by atoms with van der Waals surface area (Å²) in [6, 6.07) is 1.64. The van der Waals surface area contributed by atoms with Gasteiger partial charge in [0.05, 0.1) is 11.8 Å². The molecule has 0 bridgehead atoms. The largest absolute Gasteiger partial charge is 0.480 e. The molecule has 1 N–H and O–H groups in total. The van der Waals surface area contributed by atoms with Gasteiger partial charge in [-0.15, -0.1) is 0 Å². The number of rotatable bonds is 1. The van der Waals surface area contributed by atoms with Crippen molar-refractivity contribution in [3.63, 3.8) is 0 Å². The number of aromatic hydroxyl groups is 1. The van der Waals surface area contributed by atoms with Crippen molar-refractivity contribution in [1.29, 1.82) is 0 Å². The van der Waals surface area contributed by atoms with Crippen molar-refractivity contribution in [2.45, 2.75) is 0 Å². The topological polar surface area (TPSA) is 33.4 Å². The van der Waals surface area contributed by atoms with Gasteiger partial charge in [0, 0.05) is 0 Å². The maximum atomic E-state index is 8.71. The van der Waals surface area contributed by atoms with Crippen LogP contribution in [0, 0.1) is 0 Å². The lowest BCUT2D eigenvalue weighted by Crippen LogP contribution is -1.58. The maximum Gasteiger partial charge on any atom is 0.289 e. The third-order valence-corrected chi connectivity index (χ3v) is 0.894. The Kier molecular flexibility index (Phi) is 1.08. The highest BCUT2D eigenvalue weighted by Crippen LogP contribution is 2.17. The fraction of sp³-hybridized carbons (Fsp3) is 0. The van der Waals surface area contributed by atoms with Crippen molar-refractivity contribution >= 4 is 6.08 Å². The molecule has 2 nitrogen and oxygen atoms in total. The summed E-state index contributed by atoms with van der Waals surface area (Å²) in [6.45, 7) is 3.44. The lowest BCUT2D eigenvalue weighted by atomic mass is 10.3. The standard InChI is InChI=1S/C6H6O2/c1-2-5-3-4-8-6(5)7/h2-4,7H,1H2. The van der Waals surface area contributed by atoms with Gasteiger partial charge < -0.3 is 9.52 Å². The van der Waals surface area contributed by atoms with Crippen molar-refractivity contribution < 1.29 is 9.52 Å². The Hall–Kier alpha value is -1.18. The van der Waals surface area contributed by atoms with E-state index >= 15 is 0 Å². The van der Waals surface area contributed by atoms with Crippen molar-refractivity contribution in [3.8, 4) is 5.95 Å². The van der Waals surface area contributed by atoms with E-state index in [0.29, 0.717) is 5.56 Å². The van der Waals surface area contributed by atoms with Crippen LogP contribution in [0.2, 0.25) is 0 Å². The van der Waals surface area contributed by atoms with Gasteiger partial charge >= 0.3 is 0 Å². The van der Waals surface area contributed by atoms with E-state index in [1.165, 1.54) is 12.3 Å². The van der Waals surface area contributed by atoms with Gasteiger partial charge in [-0.05, 0) is 6.07 Å². The zero-order valence-electron chi connectivity index (χ0n) is 4.29. The van der Waals surface area contributed by atoms with Gasteiger partial charge in [0.1, 0.15) is 0 Å². The Labute approximate surface area is 47.1 Å². The zero-order valence-corrected chi connectivity index (χ0v) is 4.29. The predicted molar refractivity (Wildman–Crippen MR) is 30.5 cm³/mol. The lowest BCUT2D eigenvalue weighted by molar-refractivity contribution is 0.332. The van der Waals surface area contributed by atoms with Crippen LogP contribution in [0.1, 0.15) is 5.56 Å². The molecule has 1 heterocycles. The Morgan fingerprint density at radius 2 is 2.50 bits per heavy atom. The van der Waals surface area contributed by atoms with Crippen molar-refractivity contribution in [2.75, 3.05) is 0 Å². The summed E-state index contributed by atoms with van der Waals surface area (Å²) in [4.78, 5) is 0. The smallest absolute Gasteiger partial charge is 0.289 e. The summed E-state index contributed by atoms with van der Waals surface area (Å²) in [5.41, 5.74) is 0.630. The summed E-state index contributed by atoms with van der Waals surface area (Å²) in [5, 5.41) is 8.71. The monoisotopic (exact) mass is 110 g/mol. The molecule has 0 radical (unpaired) electrons. The highest BCUT2D eigenvalue weighted by Gasteiger charge is 1.95. The van der Waals surface area contributed by atoms with Crippen LogP contribution in [0.3, 0.4) is 0 Å². The van der Waals surface area contributed by atoms with E-state index in [1.54, 1.807) is 6.07 Å². The third-order valence-electron chi connectivity index (χ3n) is 0.894. The van der Waals surface area contributed by atoms with E-state index in [0.717, 1.165) is 0 Å². The molecule has 0 aliphatic rings. The molecule has 1 aromatic heterocycles. The Bertz CT molecular complexity index is 188. The minimum Gasteiger partial charge on any atom is -0.480 e. The molecule has 0 aliphatic carbocycles. The molecule has 0 atom stereocenters. The first-order chi connectivity index (χ1) is 3.84. The van der Waals surface area contributed by atoms with E-state index in [1.807, 2.05) is 0 Å². The van der Waals surface area contributed by atoms with Gasteiger partial charge in [-0.3, -0.25) is 0 Å². The molecule has 0 unspecified atom stereocenters. The highest BCUT2D eigenvalue weighted by atomic mass is 16.5. The zero-order chi connectivity index (χ0) is 5.98. The average Bonchev–Trinajstić information content (AvgIpc) is 2.14. The molecule has 8 heavy (non-hydrogen) atoms. The van der Waals surface area contributed by atoms with Crippen LogP contribution < -0.4 is 0 Å². The van der Waals surface area contributed by atoms with Crippen LogP contribution in [-0.4, -0.2) is 5.11 Å². The molecule has 42 valence electrons. The van der Waals surface area contributed by atoms with Crippen molar-refractivity contribution in [3.05, 3.63) is 24.5 Å². The fourth-order valence-electron chi connectivity index (χ4n) is 0.466.